The van der Waals surface area contributed by atoms with Crippen molar-refractivity contribution >= 4 is 27.3 Å². The fraction of sp³-hybridized carbons (Fsp3) is 0.200. The fourth-order valence-corrected chi connectivity index (χ4v) is 3.71. The van der Waals surface area contributed by atoms with Crippen molar-refractivity contribution in [2.75, 3.05) is 17.9 Å². The van der Waals surface area contributed by atoms with Gasteiger partial charge in [-0.3, -0.25) is 4.72 Å². The van der Waals surface area contributed by atoms with Crippen LogP contribution in [0.25, 0.3) is 0 Å². The van der Waals surface area contributed by atoms with E-state index in [0.717, 1.165) is 5.56 Å². The summed E-state index contributed by atoms with van der Waals surface area (Å²) in [4.78, 5) is 0.0446. The molecule has 1 aliphatic heterocycles. The van der Waals surface area contributed by atoms with E-state index in [1.165, 1.54) is 12.1 Å². The number of hydrogen-bond acceptors (Lipinski definition) is 4. The van der Waals surface area contributed by atoms with E-state index in [9.17, 15) is 8.42 Å². The molecular formula is C15H14ClNO4S. The molecule has 1 N–H and O–H groups in total. The van der Waals surface area contributed by atoms with Gasteiger partial charge in [-0.2, -0.15) is 0 Å². The lowest BCUT2D eigenvalue weighted by Crippen LogP contribution is -2.13. The van der Waals surface area contributed by atoms with Gasteiger partial charge in [-0.1, -0.05) is 35.9 Å². The summed E-state index contributed by atoms with van der Waals surface area (Å²) in [5.74, 6) is 0. The highest BCUT2D eigenvalue weighted by Crippen LogP contribution is 2.26. The molecule has 2 aromatic carbocycles. The van der Waals surface area contributed by atoms with Crippen LogP contribution in [-0.4, -0.2) is 21.6 Å². The third-order valence-corrected chi connectivity index (χ3v) is 5.06. The van der Waals surface area contributed by atoms with Crippen LogP contribution in [0.3, 0.4) is 0 Å². The standard InChI is InChI=1S/C15H14ClNO4S/c16-13-3-1-2-4-14(13)22(18,19)17-12-7-5-11(6-8-12)15-20-9-10-21-15/h1-8,15,17H,9-10H2. The number of nitrogens with one attached hydrogen (secondary N) is 1. The topological polar surface area (TPSA) is 64.6 Å². The summed E-state index contributed by atoms with van der Waals surface area (Å²) in [6.45, 7) is 1.12. The predicted octanol–water partition coefficient (Wildman–Crippen LogP) is 3.19. The molecule has 0 bridgehead atoms. The summed E-state index contributed by atoms with van der Waals surface area (Å²) < 4.78 is 37.9. The Morgan fingerprint density at radius 3 is 2.27 bits per heavy atom. The number of rotatable bonds is 4. The molecule has 3 rings (SSSR count). The molecule has 0 atom stereocenters. The Kier molecular flexibility index (Phi) is 4.35. The normalized spacial score (nSPS) is 15.9. The van der Waals surface area contributed by atoms with E-state index in [4.69, 9.17) is 21.1 Å². The zero-order chi connectivity index (χ0) is 15.6. The number of anilines is 1. The Morgan fingerprint density at radius 1 is 1.00 bits per heavy atom. The van der Waals surface area contributed by atoms with Crippen LogP contribution in [0.2, 0.25) is 5.02 Å². The van der Waals surface area contributed by atoms with Gasteiger partial charge in [0.05, 0.1) is 18.2 Å². The molecule has 0 saturated carbocycles. The molecule has 0 unspecified atom stereocenters. The van der Waals surface area contributed by atoms with Crippen molar-refractivity contribution in [1.29, 1.82) is 0 Å². The van der Waals surface area contributed by atoms with Gasteiger partial charge in [-0.25, -0.2) is 8.42 Å². The maximum Gasteiger partial charge on any atom is 0.263 e. The predicted molar refractivity (Wildman–Crippen MR) is 83.3 cm³/mol. The molecule has 2 aromatic rings. The van der Waals surface area contributed by atoms with E-state index in [1.54, 1.807) is 36.4 Å². The highest BCUT2D eigenvalue weighted by molar-refractivity contribution is 7.92. The Bertz CT molecular complexity index is 755. The van der Waals surface area contributed by atoms with Gasteiger partial charge in [0.15, 0.2) is 6.29 Å². The van der Waals surface area contributed by atoms with E-state index in [2.05, 4.69) is 4.72 Å². The molecule has 5 nitrogen and oxygen atoms in total. The van der Waals surface area contributed by atoms with Crippen molar-refractivity contribution in [3.05, 3.63) is 59.1 Å². The molecule has 1 fully saturated rings. The van der Waals surface area contributed by atoms with E-state index < -0.39 is 10.0 Å². The monoisotopic (exact) mass is 339 g/mol. The average Bonchev–Trinajstić information content (AvgIpc) is 3.02. The van der Waals surface area contributed by atoms with E-state index in [1.807, 2.05) is 0 Å². The Labute approximate surface area is 133 Å². The van der Waals surface area contributed by atoms with E-state index >= 15 is 0 Å². The molecule has 7 heteroatoms. The van der Waals surface area contributed by atoms with E-state index in [0.29, 0.717) is 18.9 Å². The first-order valence-electron chi connectivity index (χ1n) is 6.67. The van der Waals surface area contributed by atoms with Crippen molar-refractivity contribution < 1.29 is 17.9 Å². The van der Waals surface area contributed by atoms with Crippen molar-refractivity contribution in [3.63, 3.8) is 0 Å². The fourth-order valence-electron chi connectivity index (χ4n) is 2.13. The lowest BCUT2D eigenvalue weighted by atomic mass is 10.2. The van der Waals surface area contributed by atoms with Crippen LogP contribution in [0.1, 0.15) is 11.9 Å². The number of hydrogen-bond donors (Lipinski definition) is 1. The van der Waals surface area contributed by atoms with Gasteiger partial charge >= 0.3 is 0 Å². The number of sulfonamides is 1. The minimum absolute atomic E-state index is 0.0446. The Balaban J connectivity index is 1.79. The Hall–Kier alpha value is -1.60. The highest BCUT2D eigenvalue weighted by Gasteiger charge is 2.20. The zero-order valence-corrected chi connectivity index (χ0v) is 13.1. The lowest BCUT2D eigenvalue weighted by Gasteiger charge is -2.12. The molecule has 1 saturated heterocycles. The minimum Gasteiger partial charge on any atom is -0.346 e. The maximum absolute atomic E-state index is 12.3. The molecule has 1 aliphatic rings. The number of ether oxygens (including phenoxy) is 2. The first-order valence-corrected chi connectivity index (χ1v) is 8.53. The van der Waals surface area contributed by atoms with Gasteiger partial charge in [0.2, 0.25) is 0 Å². The van der Waals surface area contributed by atoms with Gasteiger partial charge in [0.1, 0.15) is 4.90 Å². The quantitative estimate of drug-likeness (QED) is 0.929. The second-order valence-electron chi connectivity index (χ2n) is 4.73. The second kappa shape index (κ2) is 6.26. The largest absolute Gasteiger partial charge is 0.346 e. The first kappa shape index (κ1) is 15.3. The third kappa shape index (κ3) is 3.25. The molecule has 0 aromatic heterocycles. The van der Waals surface area contributed by atoms with Crippen LogP contribution >= 0.6 is 11.6 Å². The molecule has 1 heterocycles. The molecule has 116 valence electrons. The van der Waals surface area contributed by atoms with Gasteiger partial charge in [0, 0.05) is 11.3 Å². The number of benzene rings is 2. The molecule has 0 spiro atoms. The number of halogens is 1. The average molecular weight is 340 g/mol. The van der Waals surface area contributed by atoms with Crippen LogP contribution in [0, 0.1) is 0 Å². The molecule has 0 radical (unpaired) electrons. The summed E-state index contributed by atoms with van der Waals surface area (Å²) in [7, 11) is -3.72. The summed E-state index contributed by atoms with van der Waals surface area (Å²) in [5, 5.41) is 0.180. The molecule has 0 amide bonds. The van der Waals surface area contributed by atoms with Crippen LogP contribution in [0.5, 0.6) is 0 Å². The minimum atomic E-state index is -3.72. The summed E-state index contributed by atoms with van der Waals surface area (Å²) in [5.41, 5.74) is 1.29. The first-order chi connectivity index (χ1) is 10.6. The van der Waals surface area contributed by atoms with Gasteiger partial charge in [-0.05, 0) is 24.3 Å². The maximum atomic E-state index is 12.3. The van der Waals surface area contributed by atoms with Crippen LogP contribution in [0.15, 0.2) is 53.4 Å². The van der Waals surface area contributed by atoms with Gasteiger partial charge in [-0.15, -0.1) is 0 Å². The smallest absolute Gasteiger partial charge is 0.263 e. The van der Waals surface area contributed by atoms with Crippen LogP contribution in [-0.2, 0) is 19.5 Å². The zero-order valence-electron chi connectivity index (χ0n) is 11.5. The second-order valence-corrected chi connectivity index (χ2v) is 6.79. The summed E-state index contributed by atoms with van der Waals surface area (Å²) in [6, 6.07) is 13.1. The van der Waals surface area contributed by atoms with Crippen molar-refractivity contribution in [2.45, 2.75) is 11.2 Å². The van der Waals surface area contributed by atoms with Crippen molar-refractivity contribution in [3.8, 4) is 0 Å². The van der Waals surface area contributed by atoms with E-state index in [-0.39, 0.29) is 16.2 Å². The van der Waals surface area contributed by atoms with Crippen molar-refractivity contribution in [2.24, 2.45) is 0 Å². The Morgan fingerprint density at radius 2 is 1.64 bits per heavy atom. The lowest BCUT2D eigenvalue weighted by molar-refractivity contribution is -0.0441. The molecule has 0 aliphatic carbocycles. The van der Waals surface area contributed by atoms with Crippen LogP contribution < -0.4 is 4.72 Å². The van der Waals surface area contributed by atoms with Crippen LogP contribution in [0.4, 0.5) is 5.69 Å². The third-order valence-electron chi connectivity index (χ3n) is 3.18. The molecular weight excluding hydrogens is 326 g/mol. The van der Waals surface area contributed by atoms with Crippen molar-refractivity contribution in [1.82, 2.24) is 0 Å². The highest BCUT2D eigenvalue weighted by atomic mass is 35.5. The summed E-state index contributed by atoms with van der Waals surface area (Å²) in [6.07, 6.45) is -0.380. The van der Waals surface area contributed by atoms with Gasteiger partial charge in [0.25, 0.3) is 10.0 Å². The van der Waals surface area contributed by atoms with Gasteiger partial charge < -0.3 is 9.47 Å². The SMILES string of the molecule is O=S(=O)(Nc1ccc(C2OCCO2)cc1)c1ccccc1Cl. The molecule has 22 heavy (non-hydrogen) atoms. The summed E-state index contributed by atoms with van der Waals surface area (Å²) >= 11 is 5.93.